The number of fused-ring (bicyclic) bond motifs is 1. The number of nitrogens with zero attached hydrogens (tertiary/aromatic N) is 1. The lowest BCUT2D eigenvalue weighted by Gasteiger charge is -2.13. The van der Waals surface area contributed by atoms with Crippen molar-refractivity contribution in [2.45, 2.75) is 39.2 Å². The highest BCUT2D eigenvalue weighted by Crippen LogP contribution is 2.38. The molecule has 172 valence electrons. The summed E-state index contributed by atoms with van der Waals surface area (Å²) in [4.78, 5) is 27.4. The van der Waals surface area contributed by atoms with Gasteiger partial charge in [0.15, 0.2) is 11.5 Å². The second-order valence-corrected chi connectivity index (χ2v) is 9.59. The van der Waals surface area contributed by atoms with Gasteiger partial charge in [0.05, 0.1) is 5.56 Å². The molecule has 0 radical (unpaired) electrons. The van der Waals surface area contributed by atoms with Crippen LogP contribution in [0.2, 0.25) is 0 Å². The van der Waals surface area contributed by atoms with E-state index in [4.69, 9.17) is 4.52 Å². The maximum atomic E-state index is 13.2. The molecular weight excluding hydrogens is 446 g/mol. The summed E-state index contributed by atoms with van der Waals surface area (Å²) in [6.07, 6.45) is 3.90. The molecule has 6 nitrogen and oxygen atoms in total. The van der Waals surface area contributed by atoms with Crippen molar-refractivity contribution in [1.82, 2.24) is 10.5 Å². The third kappa shape index (κ3) is 4.65. The fourth-order valence-corrected chi connectivity index (χ4v) is 5.45. The minimum absolute atomic E-state index is 0.168. The van der Waals surface area contributed by atoms with E-state index >= 15 is 0 Å². The Bertz CT molecular complexity index is 1320. The molecule has 2 amide bonds. The summed E-state index contributed by atoms with van der Waals surface area (Å²) in [6.45, 7) is 2.44. The Morgan fingerprint density at radius 2 is 1.76 bits per heavy atom. The number of amides is 2. The summed E-state index contributed by atoms with van der Waals surface area (Å²) in [7, 11) is 0. The van der Waals surface area contributed by atoms with Crippen LogP contribution in [0.25, 0.3) is 11.3 Å². The number of aromatic nitrogens is 1. The van der Waals surface area contributed by atoms with Gasteiger partial charge in [0.2, 0.25) is 0 Å². The average molecular weight is 472 g/mol. The van der Waals surface area contributed by atoms with Gasteiger partial charge >= 0.3 is 0 Å². The van der Waals surface area contributed by atoms with Crippen LogP contribution in [0.15, 0.2) is 65.2 Å². The molecule has 0 atom stereocenters. The Morgan fingerprint density at radius 3 is 2.56 bits per heavy atom. The molecule has 0 saturated carbocycles. The molecule has 2 aromatic carbocycles. The van der Waals surface area contributed by atoms with E-state index in [-0.39, 0.29) is 11.6 Å². The van der Waals surface area contributed by atoms with Crippen molar-refractivity contribution >= 4 is 28.2 Å². The summed E-state index contributed by atoms with van der Waals surface area (Å²) in [5.74, 6) is -0.0340. The molecule has 0 bridgehead atoms. The fraction of sp³-hybridized carbons (Fsp3) is 0.222. The van der Waals surface area contributed by atoms with Gasteiger partial charge in [-0.3, -0.25) is 9.59 Å². The van der Waals surface area contributed by atoms with Crippen LogP contribution in [0.3, 0.4) is 0 Å². The summed E-state index contributed by atoms with van der Waals surface area (Å²) in [5, 5.41) is 10.5. The molecule has 0 aliphatic heterocycles. The summed E-state index contributed by atoms with van der Waals surface area (Å²) in [6, 6.07) is 19.2. The largest absolute Gasteiger partial charge is 0.355 e. The summed E-state index contributed by atoms with van der Waals surface area (Å²) in [5.41, 5.74) is 4.82. The average Bonchev–Trinajstić information content (AvgIpc) is 3.49. The molecule has 5 rings (SSSR count). The van der Waals surface area contributed by atoms with E-state index in [1.807, 2.05) is 61.5 Å². The standard InChI is InChI=1S/C27H25N3O3S/c1-17-11-13-19(14-12-17)22-15-21(30-33-22)25(31)29-27-24(20-9-5-6-10-23(20)34-27)26(32)28-16-18-7-3-2-4-8-18/h2-4,7-8,11-15H,5-6,9-10,16H2,1H3,(H,28,32)(H,29,31). The van der Waals surface area contributed by atoms with Crippen LogP contribution in [-0.2, 0) is 19.4 Å². The molecular formula is C27H25N3O3S. The smallest absolute Gasteiger partial charge is 0.278 e. The van der Waals surface area contributed by atoms with Crippen molar-refractivity contribution in [1.29, 1.82) is 0 Å². The Hall–Kier alpha value is -3.71. The van der Waals surface area contributed by atoms with E-state index in [9.17, 15) is 9.59 Å². The molecule has 1 aliphatic rings. The van der Waals surface area contributed by atoms with Gasteiger partial charge in [-0.1, -0.05) is 65.3 Å². The number of thiophene rings is 1. The number of hydrogen-bond acceptors (Lipinski definition) is 5. The third-order valence-corrected chi connectivity index (χ3v) is 7.21. The highest BCUT2D eigenvalue weighted by atomic mass is 32.1. The van der Waals surface area contributed by atoms with Gasteiger partial charge in [-0.15, -0.1) is 11.3 Å². The highest BCUT2D eigenvalue weighted by molar-refractivity contribution is 7.17. The number of hydrogen-bond donors (Lipinski definition) is 2. The van der Waals surface area contributed by atoms with Crippen LogP contribution in [0, 0.1) is 6.92 Å². The Labute approximate surface area is 202 Å². The Morgan fingerprint density at radius 1 is 1.00 bits per heavy atom. The predicted molar refractivity (Wildman–Crippen MR) is 133 cm³/mol. The van der Waals surface area contributed by atoms with Crippen LogP contribution < -0.4 is 10.6 Å². The van der Waals surface area contributed by atoms with E-state index in [0.717, 1.165) is 47.9 Å². The first-order chi connectivity index (χ1) is 16.6. The van der Waals surface area contributed by atoms with E-state index in [0.29, 0.717) is 22.9 Å². The zero-order chi connectivity index (χ0) is 23.5. The van der Waals surface area contributed by atoms with Crippen molar-refractivity contribution in [3.05, 3.63) is 93.5 Å². The van der Waals surface area contributed by atoms with Gasteiger partial charge in [0.25, 0.3) is 11.8 Å². The number of benzene rings is 2. The van der Waals surface area contributed by atoms with E-state index in [1.165, 1.54) is 16.2 Å². The van der Waals surface area contributed by atoms with Crippen molar-refractivity contribution < 1.29 is 14.1 Å². The predicted octanol–water partition coefficient (Wildman–Crippen LogP) is 5.77. The van der Waals surface area contributed by atoms with Crippen molar-refractivity contribution in [2.75, 3.05) is 5.32 Å². The molecule has 0 fully saturated rings. The number of carbonyl (C=O) groups is 2. The van der Waals surface area contributed by atoms with Gasteiger partial charge in [-0.25, -0.2) is 0 Å². The minimum atomic E-state index is -0.391. The maximum absolute atomic E-state index is 13.2. The van der Waals surface area contributed by atoms with Gasteiger partial charge in [0, 0.05) is 23.1 Å². The maximum Gasteiger partial charge on any atom is 0.278 e. The first-order valence-corrected chi connectivity index (χ1v) is 12.2. The first-order valence-electron chi connectivity index (χ1n) is 11.4. The highest BCUT2D eigenvalue weighted by Gasteiger charge is 2.27. The van der Waals surface area contributed by atoms with Crippen LogP contribution in [-0.4, -0.2) is 17.0 Å². The van der Waals surface area contributed by atoms with Crippen LogP contribution in [0.5, 0.6) is 0 Å². The second-order valence-electron chi connectivity index (χ2n) is 8.48. The van der Waals surface area contributed by atoms with Crippen LogP contribution in [0.4, 0.5) is 5.00 Å². The zero-order valence-electron chi connectivity index (χ0n) is 18.9. The Kier molecular flexibility index (Phi) is 6.27. The van der Waals surface area contributed by atoms with Crippen molar-refractivity contribution in [3.8, 4) is 11.3 Å². The molecule has 0 saturated heterocycles. The lowest BCUT2D eigenvalue weighted by atomic mass is 9.95. The second kappa shape index (κ2) is 9.65. The molecule has 2 heterocycles. The molecule has 4 aromatic rings. The normalized spacial score (nSPS) is 12.7. The molecule has 0 spiro atoms. The van der Waals surface area contributed by atoms with Gasteiger partial charge in [-0.2, -0.15) is 0 Å². The fourth-order valence-electron chi connectivity index (χ4n) is 4.16. The van der Waals surface area contributed by atoms with E-state index < -0.39 is 5.91 Å². The number of rotatable bonds is 6. The first kappa shape index (κ1) is 22.1. The van der Waals surface area contributed by atoms with Crippen molar-refractivity contribution in [3.63, 3.8) is 0 Å². The summed E-state index contributed by atoms with van der Waals surface area (Å²) >= 11 is 1.49. The SMILES string of the molecule is Cc1ccc(-c2cc(C(=O)Nc3sc4c(c3C(=O)NCc3ccccc3)CCCC4)no2)cc1. The molecule has 34 heavy (non-hydrogen) atoms. The number of carbonyl (C=O) groups excluding carboxylic acids is 2. The minimum Gasteiger partial charge on any atom is -0.355 e. The molecule has 1 aliphatic carbocycles. The molecule has 0 unspecified atom stereocenters. The molecule has 2 N–H and O–H groups in total. The van der Waals surface area contributed by atoms with Gasteiger partial charge in [-0.05, 0) is 43.7 Å². The number of aryl methyl sites for hydroxylation is 2. The van der Waals surface area contributed by atoms with Crippen LogP contribution in [0.1, 0.15) is 55.3 Å². The van der Waals surface area contributed by atoms with Gasteiger partial charge in [0.1, 0.15) is 5.00 Å². The molecule has 2 aromatic heterocycles. The summed E-state index contributed by atoms with van der Waals surface area (Å²) < 4.78 is 5.41. The van der Waals surface area contributed by atoms with Crippen molar-refractivity contribution in [2.24, 2.45) is 0 Å². The number of anilines is 1. The van der Waals surface area contributed by atoms with E-state index in [2.05, 4.69) is 15.8 Å². The zero-order valence-corrected chi connectivity index (χ0v) is 19.7. The Balaban J connectivity index is 1.37. The number of nitrogens with one attached hydrogen (secondary N) is 2. The third-order valence-electron chi connectivity index (χ3n) is 6.00. The quantitative estimate of drug-likeness (QED) is 0.374. The lowest BCUT2D eigenvalue weighted by Crippen LogP contribution is -2.25. The molecule has 7 heteroatoms. The van der Waals surface area contributed by atoms with Gasteiger partial charge < -0.3 is 15.2 Å². The lowest BCUT2D eigenvalue weighted by molar-refractivity contribution is 0.0951. The monoisotopic (exact) mass is 471 g/mol. The topological polar surface area (TPSA) is 84.2 Å². The van der Waals surface area contributed by atoms with Crippen LogP contribution >= 0.6 is 11.3 Å². The van der Waals surface area contributed by atoms with E-state index in [1.54, 1.807) is 6.07 Å².